The highest BCUT2D eigenvalue weighted by Gasteiger charge is 2.25. The Morgan fingerprint density at radius 1 is 1.31 bits per heavy atom. The highest BCUT2D eigenvalue weighted by molar-refractivity contribution is 6.53. The zero-order valence-electron chi connectivity index (χ0n) is 6.79. The van der Waals surface area contributed by atoms with Gasteiger partial charge in [-0.05, 0) is 12.1 Å². The fourth-order valence-electron chi connectivity index (χ4n) is 0.963. The Labute approximate surface area is 75.6 Å². The third-order valence-electron chi connectivity index (χ3n) is 1.50. The molecule has 1 rings (SSSR count). The summed E-state index contributed by atoms with van der Waals surface area (Å²) in [5.74, 6) is 0. The van der Waals surface area contributed by atoms with Crippen LogP contribution in [0.25, 0.3) is 0 Å². The number of carbonyl (C=O) groups is 1. The highest BCUT2D eigenvalue weighted by Crippen LogP contribution is 2.12. The van der Waals surface area contributed by atoms with Crippen molar-refractivity contribution in [3.05, 3.63) is 30.3 Å². The van der Waals surface area contributed by atoms with Crippen LogP contribution in [0.2, 0.25) is 0 Å². The molecule has 5 nitrogen and oxygen atoms in total. The molecule has 0 aromatic heterocycles. The molecule has 13 heavy (non-hydrogen) atoms. The first kappa shape index (κ1) is 9.56. The van der Waals surface area contributed by atoms with E-state index in [0.29, 0.717) is 10.5 Å². The van der Waals surface area contributed by atoms with E-state index in [2.05, 4.69) is 0 Å². The minimum Gasteiger partial charge on any atom is -0.407 e. The highest BCUT2D eigenvalue weighted by atomic mass is 16.4. The van der Waals surface area contributed by atoms with Crippen molar-refractivity contribution < 1.29 is 14.8 Å². The Hall–Kier alpha value is -1.53. The zero-order chi connectivity index (χ0) is 9.84. The lowest BCUT2D eigenvalue weighted by Gasteiger charge is -2.18. The predicted octanol–water partition coefficient (Wildman–Crippen LogP) is -0.459. The van der Waals surface area contributed by atoms with Crippen LogP contribution in [-0.2, 0) is 0 Å². The van der Waals surface area contributed by atoms with Gasteiger partial charge in [-0.2, -0.15) is 0 Å². The van der Waals surface area contributed by atoms with Crippen molar-refractivity contribution in [1.29, 1.82) is 0 Å². The lowest BCUT2D eigenvalue weighted by Crippen LogP contribution is -2.47. The molecule has 0 heterocycles. The standard InChI is InChI=1S/C7H9BN2O3/c9-7(11)10(8(12)13)6-4-2-1-3-5-6/h1-5,12-13H,(H2,9,11). The van der Waals surface area contributed by atoms with Crippen molar-refractivity contribution in [2.45, 2.75) is 0 Å². The number of carbonyl (C=O) groups excluding carboxylic acids is 1. The van der Waals surface area contributed by atoms with Crippen molar-refractivity contribution in [2.24, 2.45) is 5.73 Å². The Kier molecular flexibility index (Phi) is 2.89. The van der Waals surface area contributed by atoms with Gasteiger partial charge < -0.3 is 15.8 Å². The molecule has 0 aliphatic rings. The van der Waals surface area contributed by atoms with Crippen LogP contribution in [0.1, 0.15) is 0 Å². The molecule has 4 N–H and O–H groups in total. The molecule has 6 heteroatoms. The molecule has 0 bridgehead atoms. The summed E-state index contributed by atoms with van der Waals surface area (Å²) in [4.78, 5) is 11.4. The van der Waals surface area contributed by atoms with Gasteiger partial charge in [0.2, 0.25) is 0 Å². The predicted molar refractivity (Wildman–Crippen MR) is 48.7 cm³/mol. The second kappa shape index (κ2) is 3.93. The third-order valence-corrected chi connectivity index (χ3v) is 1.50. The number of nitrogens with zero attached hydrogens (tertiary/aromatic N) is 1. The van der Waals surface area contributed by atoms with Crippen LogP contribution in [-0.4, -0.2) is 23.3 Å². The largest absolute Gasteiger partial charge is 0.596 e. The third kappa shape index (κ3) is 2.20. The molecule has 0 saturated heterocycles. The normalized spacial score (nSPS) is 9.38. The van der Waals surface area contributed by atoms with Crippen molar-refractivity contribution in [1.82, 2.24) is 0 Å². The van der Waals surface area contributed by atoms with E-state index >= 15 is 0 Å². The first-order chi connectivity index (χ1) is 6.13. The molecular weight excluding hydrogens is 171 g/mol. The number of primary amides is 1. The number of rotatable bonds is 2. The Morgan fingerprint density at radius 2 is 1.85 bits per heavy atom. The number of urea groups is 1. The maximum Gasteiger partial charge on any atom is 0.596 e. The average Bonchev–Trinajstić information content (AvgIpc) is 2.04. The molecule has 0 unspecified atom stereocenters. The molecule has 0 aliphatic carbocycles. The molecule has 0 spiro atoms. The smallest absolute Gasteiger partial charge is 0.407 e. The van der Waals surface area contributed by atoms with Gasteiger partial charge in [0.25, 0.3) is 0 Å². The summed E-state index contributed by atoms with van der Waals surface area (Å²) in [5, 5.41) is 17.6. The van der Waals surface area contributed by atoms with Crippen LogP contribution in [0.3, 0.4) is 0 Å². The Balaban J connectivity index is 2.96. The monoisotopic (exact) mass is 180 g/mol. The van der Waals surface area contributed by atoms with E-state index in [-0.39, 0.29) is 0 Å². The van der Waals surface area contributed by atoms with Gasteiger partial charge in [0.05, 0.1) is 0 Å². The Bertz CT molecular complexity index is 291. The minimum atomic E-state index is -1.92. The van der Waals surface area contributed by atoms with Gasteiger partial charge in [-0.15, -0.1) is 0 Å². The van der Waals surface area contributed by atoms with Gasteiger partial charge in [0.1, 0.15) is 0 Å². The Morgan fingerprint density at radius 3 is 2.23 bits per heavy atom. The van der Waals surface area contributed by atoms with E-state index in [1.165, 1.54) is 0 Å². The van der Waals surface area contributed by atoms with Gasteiger partial charge in [0.15, 0.2) is 0 Å². The molecule has 0 aliphatic heterocycles. The quantitative estimate of drug-likeness (QED) is 0.538. The summed E-state index contributed by atoms with van der Waals surface area (Å²) in [7, 11) is -1.92. The lowest BCUT2D eigenvalue weighted by atomic mass is 10.1. The summed E-state index contributed by atoms with van der Waals surface area (Å²) in [5.41, 5.74) is 5.27. The number of hydrogen-bond donors (Lipinski definition) is 3. The fourth-order valence-corrected chi connectivity index (χ4v) is 0.963. The molecule has 1 aromatic rings. The summed E-state index contributed by atoms with van der Waals surface area (Å²) in [6.45, 7) is 0. The van der Waals surface area contributed by atoms with Crippen LogP contribution < -0.4 is 10.5 Å². The lowest BCUT2D eigenvalue weighted by molar-refractivity contribution is 0.254. The van der Waals surface area contributed by atoms with Crippen molar-refractivity contribution >= 4 is 19.0 Å². The van der Waals surface area contributed by atoms with Crippen molar-refractivity contribution in [2.75, 3.05) is 4.81 Å². The number of amides is 2. The van der Waals surface area contributed by atoms with Gasteiger partial charge in [-0.25, -0.2) is 4.79 Å². The minimum absolute atomic E-state index is 0.338. The van der Waals surface area contributed by atoms with Crippen LogP contribution >= 0.6 is 0 Å². The van der Waals surface area contributed by atoms with Crippen molar-refractivity contribution in [3.8, 4) is 0 Å². The van der Waals surface area contributed by atoms with Gasteiger partial charge in [-0.1, -0.05) is 18.2 Å². The van der Waals surface area contributed by atoms with E-state index in [4.69, 9.17) is 15.8 Å². The summed E-state index contributed by atoms with van der Waals surface area (Å²) in [6, 6.07) is 7.24. The maximum absolute atomic E-state index is 10.8. The number of nitrogens with two attached hydrogens (primary N) is 1. The second-order valence-electron chi connectivity index (χ2n) is 2.39. The van der Waals surface area contributed by atoms with Crippen LogP contribution in [0, 0.1) is 0 Å². The fraction of sp³-hybridized carbons (Fsp3) is 0. The molecule has 0 fully saturated rings. The first-order valence-electron chi connectivity index (χ1n) is 3.63. The average molecular weight is 180 g/mol. The van der Waals surface area contributed by atoms with E-state index in [0.717, 1.165) is 0 Å². The number of hydrogen-bond acceptors (Lipinski definition) is 3. The van der Waals surface area contributed by atoms with E-state index in [1.807, 2.05) is 0 Å². The molecule has 0 atom stereocenters. The van der Waals surface area contributed by atoms with E-state index < -0.39 is 13.3 Å². The topological polar surface area (TPSA) is 86.8 Å². The summed E-state index contributed by atoms with van der Waals surface area (Å²) >= 11 is 0. The number of anilines is 1. The molecule has 2 amide bonds. The number of benzene rings is 1. The number of para-hydroxylation sites is 1. The maximum atomic E-state index is 10.8. The van der Waals surface area contributed by atoms with Gasteiger partial charge in [-0.3, -0.25) is 4.81 Å². The molecule has 1 aromatic carbocycles. The molecule has 0 radical (unpaired) electrons. The zero-order valence-corrected chi connectivity index (χ0v) is 6.79. The van der Waals surface area contributed by atoms with E-state index in [1.54, 1.807) is 30.3 Å². The molecule has 68 valence electrons. The SMILES string of the molecule is NC(=O)N(B(O)O)c1ccccc1. The van der Waals surface area contributed by atoms with Crippen LogP contribution in [0.5, 0.6) is 0 Å². The van der Waals surface area contributed by atoms with Gasteiger partial charge in [0, 0.05) is 5.69 Å². The first-order valence-corrected chi connectivity index (χ1v) is 3.63. The summed E-state index contributed by atoms with van der Waals surface area (Å²) in [6.07, 6.45) is 0. The second-order valence-corrected chi connectivity index (χ2v) is 2.39. The molecular formula is C7H9BN2O3. The van der Waals surface area contributed by atoms with E-state index in [9.17, 15) is 4.79 Å². The van der Waals surface area contributed by atoms with Crippen LogP contribution in [0.4, 0.5) is 10.5 Å². The van der Waals surface area contributed by atoms with Crippen LogP contribution in [0.15, 0.2) is 30.3 Å². The summed E-state index contributed by atoms with van der Waals surface area (Å²) < 4.78 is 0. The van der Waals surface area contributed by atoms with Gasteiger partial charge >= 0.3 is 13.3 Å². The molecule has 0 saturated carbocycles. The van der Waals surface area contributed by atoms with Crippen molar-refractivity contribution in [3.63, 3.8) is 0 Å².